The number of piperidine rings is 1. The first-order valence-electron chi connectivity index (χ1n) is 6.02. The highest BCUT2D eigenvalue weighted by atomic mass is 16.3. The molecule has 0 aromatic heterocycles. The average molecular weight is 234 g/mol. The zero-order valence-electron chi connectivity index (χ0n) is 9.78. The van der Waals surface area contributed by atoms with E-state index in [0.717, 1.165) is 31.5 Å². The molecular formula is C13H18N2O2. The van der Waals surface area contributed by atoms with Gasteiger partial charge in [0.2, 0.25) is 5.91 Å². The Kier molecular flexibility index (Phi) is 3.98. The Balaban J connectivity index is 1.83. The number of hydrogen-bond acceptors (Lipinski definition) is 3. The molecule has 0 spiro atoms. The van der Waals surface area contributed by atoms with Crippen LogP contribution < -0.4 is 10.6 Å². The van der Waals surface area contributed by atoms with Crippen LogP contribution in [0, 0.1) is 5.92 Å². The number of aromatic hydroxyl groups is 1. The number of rotatable bonds is 3. The van der Waals surface area contributed by atoms with Crippen molar-refractivity contribution in [1.82, 2.24) is 10.6 Å². The van der Waals surface area contributed by atoms with Crippen molar-refractivity contribution >= 4 is 5.91 Å². The summed E-state index contributed by atoms with van der Waals surface area (Å²) in [5, 5.41) is 15.4. The third-order valence-electron chi connectivity index (χ3n) is 3.04. The second kappa shape index (κ2) is 5.68. The molecule has 1 heterocycles. The lowest BCUT2D eigenvalue weighted by atomic mass is 9.99. The van der Waals surface area contributed by atoms with Crippen molar-refractivity contribution in [3.8, 4) is 5.75 Å². The summed E-state index contributed by atoms with van der Waals surface area (Å²) >= 11 is 0. The van der Waals surface area contributed by atoms with E-state index >= 15 is 0 Å². The highest BCUT2D eigenvalue weighted by molar-refractivity contribution is 5.78. The molecule has 1 aliphatic rings. The molecule has 3 N–H and O–H groups in total. The molecule has 1 aliphatic heterocycles. The molecule has 17 heavy (non-hydrogen) atoms. The molecule has 0 aliphatic carbocycles. The normalized spacial score (nSPS) is 19.9. The fourth-order valence-electron chi connectivity index (χ4n) is 2.08. The van der Waals surface area contributed by atoms with Crippen LogP contribution >= 0.6 is 0 Å². The van der Waals surface area contributed by atoms with Crippen LogP contribution in [-0.4, -0.2) is 24.1 Å². The van der Waals surface area contributed by atoms with Crippen LogP contribution in [0.15, 0.2) is 24.3 Å². The summed E-state index contributed by atoms with van der Waals surface area (Å²) in [7, 11) is 0. The Labute approximate surface area is 101 Å². The Morgan fingerprint density at radius 1 is 1.53 bits per heavy atom. The minimum Gasteiger partial charge on any atom is -0.508 e. The van der Waals surface area contributed by atoms with Crippen molar-refractivity contribution in [3.63, 3.8) is 0 Å². The summed E-state index contributed by atoms with van der Waals surface area (Å²) in [5.41, 5.74) is 0.919. The summed E-state index contributed by atoms with van der Waals surface area (Å²) in [4.78, 5) is 11.8. The Morgan fingerprint density at radius 2 is 2.41 bits per heavy atom. The first-order valence-corrected chi connectivity index (χ1v) is 6.02. The molecule has 1 atom stereocenters. The molecule has 0 bridgehead atoms. The highest BCUT2D eigenvalue weighted by Crippen LogP contribution is 2.12. The van der Waals surface area contributed by atoms with Gasteiger partial charge in [0.05, 0.1) is 5.92 Å². The second-order valence-electron chi connectivity index (χ2n) is 4.43. The Morgan fingerprint density at radius 3 is 3.12 bits per heavy atom. The van der Waals surface area contributed by atoms with Gasteiger partial charge in [-0.05, 0) is 37.1 Å². The Hall–Kier alpha value is -1.55. The van der Waals surface area contributed by atoms with Crippen molar-refractivity contribution in [2.24, 2.45) is 5.92 Å². The highest BCUT2D eigenvalue weighted by Gasteiger charge is 2.20. The summed E-state index contributed by atoms with van der Waals surface area (Å²) < 4.78 is 0. The van der Waals surface area contributed by atoms with Gasteiger partial charge in [-0.3, -0.25) is 4.79 Å². The zero-order chi connectivity index (χ0) is 12.1. The van der Waals surface area contributed by atoms with Gasteiger partial charge in [-0.1, -0.05) is 12.1 Å². The maximum absolute atomic E-state index is 11.8. The second-order valence-corrected chi connectivity index (χ2v) is 4.43. The summed E-state index contributed by atoms with van der Waals surface area (Å²) in [6, 6.07) is 6.95. The van der Waals surface area contributed by atoms with E-state index in [1.54, 1.807) is 18.2 Å². The van der Waals surface area contributed by atoms with Crippen molar-refractivity contribution in [2.75, 3.05) is 13.1 Å². The van der Waals surface area contributed by atoms with Crippen molar-refractivity contribution < 1.29 is 9.90 Å². The van der Waals surface area contributed by atoms with E-state index in [1.165, 1.54) is 0 Å². The van der Waals surface area contributed by atoms with E-state index < -0.39 is 0 Å². The molecule has 1 unspecified atom stereocenters. The van der Waals surface area contributed by atoms with Gasteiger partial charge in [0.1, 0.15) is 5.75 Å². The minimum absolute atomic E-state index is 0.0843. The first-order chi connectivity index (χ1) is 8.25. The van der Waals surface area contributed by atoms with Crippen molar-refractivity contribution in [1.29, 1.82) is 0 Å². The van der Waals surface area contributed by atoms with Gasteiger partial charge in [-0.25, -0.2) is 0 Å². The van der Waals surface area contributed by atoms with Gasteiger partial charge in [0.15, 0.2) is 0 Å². The van der Waals surface area contributed by atoms with Crippen LogP contribution in [0.25, 0.3) is 0 Å². The Bertz CT molecular complexity index is 387. The zero-order valence-corrected chi connectivity index (χ0v) is 9.78. The number of benzene rings is 1. The van der Waals surface area contributed by atoms with E-state index in [2.05, 4.69) is 10.6 Å². The molecule has 1 fully saturated rings. The maximum Gasteiger partial charge on any atom is 0.224 e. The van der Waals surface area contributed by atoms with Crippen LogP contribution in [0.3, 0.4) is 0 Å². The smallest absolute Gasteiger partial charge is 0.224 e. The predicted octanol–water partition coefficient (Wildman–Crippen LogP) is 1.01. The number of nitrogens with one attached hydrogen (secondary N) is 2. The van der Waals surface area contributed by atoms with Gasteiger partial charge in [0, 0.05) is 13.1 Å². The van der Waals surface area contributed by atoms with Gasteiger partial charge in [-0.15, -0.1) is 0 Å². The number of carbonyl (C=O) groups is 1. The molecule has 4 nitrogen and oxygen atoms in total. The largest absolute Gasteiger partial charge is 0.508 e. The predicted molar refractivity (Wildman–Crippen MR) is 65.5 cm³/mol. The van der Waals surface area contributed by atoms with E-state index in [0.29, 0.717) is 6.54 Å². The van der Waals surface area contributed by atoms with Gasteiger partial charge in [0.25, 0.3) is 0 Å². The van der Waals surface area contributed by atoms with E-state index in [4.69, 9.17) is 0 Å². The number of phenols is 1. The van der Waals surface area contributed by atoms with E-state index in [-0.39, 0.29) is 17.6 Å². The van der Waals surface area contributed by atoms with Crippen molar-refractivity contribution in [2.45, 2.75) is 19.4 Å². The SMILES string of the molecule is O=C(NCc1cccc(O)c1)C1CCCNC1. The summed E-state index contributed by atoms with van der Waals surface area (Å²) in [6.07, 6.45) is 2.02. The molecule has 0 saturated carbocycles. The molecule has 1 aromatic rings. The van der Waals surface area contributed by atoms with E-state index in [9.17, 15) is 9.90 Å². The number of carbonyl (C=O) groups excluding carboxylic acids is 1. The molecular weight excluding hydrogens is 216 g/mol. The summed E-state index contributed by atoms with van der Waals surface area (Å²) in [6.45, 7) is 2.26. The van der Waals surface area contributed by atoms with Gasteiger partial charge in [-0.2, -0.15) is 0 Å². The lowest BCUT2D eigenvalue weighted by Gasteiger charge is -2.21. The number of hydrogen-bond donors (Lipinski definition) is 3. The fourth-order valence-corrected chi connectivity index (χ4v) is 2.08. The maximum atomic E-state index is 11.8. The molecule has 1 amide bonds. The monoisotopic (exact) mass is 234 g/mol. The number of phenolic OH excluding ortho intramolecular Hbond substituents is 1. The molecule has 4 heteroatoms. The van der Waals surface area contributed by atoms with E-state index in [1.807, 2.05) is 6.07 Å². The number of amides is 1. The van der Waals surface area contributed by atoms with Crippen molar-refractivity contribution in [3.05, 3.63) is 29.8 Å². The lowest BCUT2D eigenvalue weighted by molar-refractivity contribution is -0.125. The standard InChI is InChI=1S/C13H18N2O2/c16-12-5-1-3-10(7-12)8-15-13(17)11-4-2-6-14-9-11/h1,3,5,7,11,14,16H,2,4,6,8-9H2,(H,15,17). The molecule has 0 radical (unpaired) electrons. The molecule has 1 saturated heterocycles. The van der Waals surface area contributed by atoms with Crippen LogP contribution in [-0.2, 0) is 11.3 Å². The third-order valence-corrected chi connectivity index (χ3v) is 3.04. The first kappa shape index (κ1) is 11.9. The van der Waals surface area contributed by atoms with Crippen LogP contribution in [0.1, 0.15) is 18.4 Å². The van der Waals surface area contributed by atoms with Crippen LogP contribution in [0.2, 0.25) is 0 Å². The lowest BCUT2D eigenvalue weighted by Crippen LogP contribution is -2.40. The minimum atomic E-state index is 0.0843. The average Bonchev–Trinajstić information content (AvgIpc) is 2.37. The van der Waals surface area contributed by atoms with Gasteiger partial charge < -0.3 is 15.7 Å². The quantitative estimate of drug-likeness (QED) is 0.731. The topological polar surface area (TPSA) is 61.4 Å². The van der Waals surface area contributed by atoms with Gasteiger partial charge >= 0.3 is 0 Å². The van der Waals surface area contributed by atoms with Crippen LogP contribution in [0.5, 0.6) is 5.75 Å². The third kappa shape index (κ3) is 3.46. The molecule has 1 aromatic carbocycles. The fraction of sp³-hybridized carbons (Fsp3) is 0.462. The van der Waals surface area contributed by atoms with Crippen LogP contribution in [0.4, 0.5) is 0 Å². The molecule has 92 valence electrons. The molecule has 2 rings (SSSR count). The summed E-state index contributed by atoms with van der Waals surface area (Å²) in [5.74, 6) is 0.415.